The van der Waals surface area contributed by atoms with E-state index in [9.17, 15) is 0 Å². The van der Waals surface area contributed by atoms with Crippen LogP contribution in [0.2, 0.25) is 0 Å². The van der Waals surface area contributed by atoms with Crippen LogP contribution in [-0.4, -0.2) is 9.97 Å². The summed E-state index contributed by atoms with van der Waals surface area (Å²) in [5.74, 6) is 0.656. The smallest absolute Gasteiger partial charge is 0.227 e. The second kappa shape index (κ2) is 7.52. The number of nitrogens with one attached hydrogen (secondary N) is 1. The summed E-state index contributed by atoms with van der Waals surface area (Å²) in [6.45, 7) is 2.23. The first-order valence-corrected chi connectivity index (χ1v) is 7.01. The van der Waals surface area contributed by atoms with E-state index >= 15 is 0 Å². The van der Waals surface area contributed by atoms with Crippen LogP contribution >= 0.6 is 0 Å². The van der Waals surface area contributed by atoms with Gasteiger partial charge in [-0.1, -0.05) is 44.4 Å². The van der Waals surface area contributed by atoms with Crippen molar-refractivity contribution in [2.24, 2.45) is 0 Å². The molecule has 0 spiro atoms. The molecule has 0 radical (unpaired) electrons. The Labute approximate surface area is 115 Å². The maximum atomic E-state index is 4.35. The van der Waals surface area contributed by atoms with Gasteiger partial charge in [0.1, 0.15) is 0 Å². The van der Waals surface area contributed by atoms with Gasteiger partial charge in [-0.3, -0.25) is 0 Å². The third-order valence-corrected chi connectivity index (χ3v) is 3.05. The van der Waals surface area contributed by atoms with Crippen molar-refractivity contribution in [3.8, 4) is 0 Å². The first-order valence-electron chi connectivity index (χ1n) is 7.01. The van der Waals surface area contributed by atoms with Gasteiger partial charge in [0.15, 0.2) is 0 Å². The van der Waals surface area contributed by atoms with Crippen molar-refractivity contribution in [1.29, 1.82) is 0 Å². The lowest BCUT2D eigenvalue weighted by Crippen LogP contribution is -1.98. The number of anilines is 2. The van der Waals surface area contributed by atoms with E-state index in [0.29, 0.717) is 5.95 Å². The Kier molecular flexibility index (Phi) is 5.35. The quantitative estimate of drug-likeness (QED) is 0.748. The molecule has 0 aliphatic rings. The van der Waals surface area contributed by atoms with Gasteiger partial charge >= 0.3 is 0 Å². The van der Waals surface area contributed by atoms with Crippen molar-refractivity contribution in [1.82, 2.24) is 9.97 Å². The second-order valence-electron chi connectivity index (χ2n) is 4.72. The third-order valence-electron chi connectivity index (χ3n) is 3.05. The fourth-order valence-corrected chi connectivity index (χ4v) is 1.95. The lowest BCUT2D eigenvalue weighted by atomic mass is 10.1. The molecule has 100 valence electrons. The molecule has 1 aromatic heterocycles. The highest BCUT2D eigenvalue weighted by Crippen LogP contribution is 2.12. The number of unbranched alkanes of at least 4 members (excludes halogenated alkanes) is 3. The standard InChI is InChI=1S/C16H21N3/c1-2-3-4-6-9-14-12-17-16(18-13-14)19-15-10-7-5-8-11-15/h5,7-8,10-13H,2-4,6,9H2,1H3,(H,17,18,19). The zero-order valence-electron chi connectivity index (χ0n) is 11.5. The van der Waals surface area contributed by atoms with Crippen LogP contribution < -0.4 is 5.32 Å². The number of hydrogen-bond acceptors (Lipinski definition) is 3. The van der Waals surface area contributed by atoms with Crippen molar-refractivity contribution >= 4 is 11.6 Å². The topological polar surface area (TPSA) is 37.8 Å². The molecule has 0 amide bonds. The molecule has 0 fully saturated rings. The second-order valence-corrected chi connectivity index (χ2v) is 4.72. The SMILES string of the molecule is CCCCCCc1cnc(Nc2ccccc2)nc1. The van der Waals surface area contributed by atoms with Crippen molar-refractivity contribution in [2.45, 2.75) is 39.0 Å². The maximum Gasteiger partial charge on any atom is 0.227 e. The summed E-state index contributed by atoms with van der Waals surface area (Å²) in [6.07, 6.45) is 10.0. The highest BCUT2D eigenvalue weighted by atomic mass is 15.1. The van der Waals surface area contributed by atoms with Crippen LogP contribution in [0.1, 0.15) is 38.2 Å². The van der Waals surface area contributed by atoms with Crippen LogP contribution in [-0.2, 0) is 6.42 Å². The summed E-state index contributed by atoms with van der Waals surface area (Å²) < 4.78 is 0. The molecule has 0 atom stereocenters. The average Bonchev–Trinajstić information content (AvgIpc) is 2.46. The molecular weight excluding hydrogens is 234 g/mol. The zero-order chi connectivity index (χ0) is 13.3. The van der Waals surface area contributed by atoms with Crippen LogP contribution in [0.3, 0.4) is 0 Å². The summed E-state index contributed by atoms with van der Waals surface area (Å²) in [4.78, 5) is 8.70. The predicted molar refractivity (Wildman–Crippen MR) is 79.6 cm³/mol. The number of benzene rings is 1. The molecule has 1 heterocycles. The minimum Gasteiger partial charge on any atom is -0.324 e. The van der Waals surface area contributed by atoms with Crippen molar-refractivity contribution < 1.29 is 0 Å². The highest BCUT2D eigenvalue weighted by Gasteiger charge is 1.98. The van der Waals surface area contributed by atoms with E-state index in [1.54, 1.807) is 0 Å². The van der Waals surface area contributed by atoms with E-state index in [4.69, 9.17) is 0 Å². The molecule has 1 N–H and O–H groups in total. The summed E-state index contributed by atoms with van der Waals surface area (Å²) in [5.41, 5.74) is 2.23. The van der Waals surface area contributed by atoms with Gasteiger partial charge in [-0.25, -0.2) is 9.97 Å². The van der Waals surface area contributed by atoms with E-state index in [-0.39, 0.29) is 0 Å². The zero-order valence-corrected chi connectivity index (χ0v) is 11.5. The molecule has 19 heavy (non-hydrogen) atoms. The van der Waals surface area contributed by atoms with Crippen molar-refractivity contribution in [3.63, 3.8) is 0 Å². The Balaban J connectivity index is 1.84. The van der Waals surface area contributed by atoms with Gasteiger partial charge in [-0.2, -0.15) is 0 Å². The number of nitrogens with zero attached hydrogens (tertiary/aromatic N) is 2. The highest BCUT2D eigenvalue weighted by molar-refractivity contribution is 5.52. The third kappa shape index (κ3) is 4.70. The van der Waals surface area contributed by atoms with Crippen molar-refractivity contribution in [3.05, 3.63) is 48.3 Å². The number of rotatable bonds is 7. The fraction of sp³-hybridized carbons (Fsp3) is 0.375. The first kappa shape index (κ1) is 13.5. The van der Waals surface area contributed by atoms with E-state index in [1.165, 1.54) is 31.2 Å². The van der Waals surface area contributed by atoms with Crippen LogP contribution in [0.4, 0.5) is 11.6 Å². The Morgan fingerprint density at radius 3 is 2.37 bits per heavy atom. The molecule has 0 aliphatic heterocycles. The van der Waals surface area contributed by atoms with Gasteiger partial charge in [0.2, 0.25) is 5.95 Å². The number of aryl methyl sites for hydroxylation is 1. The van der Waals surface area contributed by atoms with Gasteiger partial charge < -0.3 is 5.32 Å². The van der Waals surface area contributed by atoms with Gasteiger partial charge in [-0.15, -0.1) is 0 Å². The van der Waals surface area contributed by atoms with E-state index in [2.05, 4.69) is 22.2 Å². The normalized spacial score (nSPS) is 10.4. The molecule has 0 unspecified atom stereocenters. The Bertz CT molecular complexity index is 465. The molecular formula is C16H21N3. The Morgan fingerprint density at radius 1 is 0.947 bits per heavy atom. The van der Waals surface area contributed by atoms with Crippen molar-refractivity contribution in [2.75, 3.05) is 5.32 Å². The molecule has 1 aromatic carbocycles. The number of aromatic nitrogens is 2. The molecule has 3 heteroatoms. The molecule has 2 rings (SSSR count). The minimum absolute atomic E-state index is 0.656. The molecule has 3 nitrogen and oxygen atoms in total. The van der Waals surface area contributed by atoms with Gasteiger partial charge in [0, 0.05) is 18.1 Å². The number of hydrogen-bond donors (Lipinski definition) is 1. The van der Waals surface area contributed by atoms with Crippen LogP contribution in [0, 0.1) is 0 Å². The average molecular weight is 255 g/mol. The monoisotopic (exact) mass is 255 g/mol. The Morgan fingerprint density at radius 2 is 1.68 bits per heavy atom. The molecule has 2 aromatic rings. The van der Waals surface area contributed by atoms with Gasteiger partial charge in [0.25, 0.3) is 0 Å². The fourth-order valence-electron chi connectivity index (χ4n) is 1.95. The molecule has 0 saturated carbocycles. The summed E-state index contributed by atoms with van der Waals surface area (Å²) >= 11 is 0. The van der Waals surface area contributed by atoms with E-state index < -0.39 is 0 Å². The molecule has 0 bridgehead atoms. The van der Waals surface area contributed by atoms with Crippen LogP contribution in [0.15, 0.2) is 42.7 Å². The van der Waals surface area contributed by atoms with E-state index in [0.717, 1.165) is 12.1 Å². The van der Waals surface area contributed by atoms with Crippen LogP contribution in [0.5, 0.6) is 0 Å². The lowest BCUT2D eigenvalue weighted by molar-refractivity contribution is 0.665. The van der Waals surface area contributed by atoms with E-state index in [1.807, 2.05) is 42.7 Å². The van der Waals surface area contributed by atoms with Crippen LogP contribution in [0.25, 0.3) is 0 Å². The summed E-state index contributed by atoms with van der Waals surface area (Å²) in [5, 5.41) is 3.19. The Hall–Kier alpha value is -1.90. The van der Waals surface area contributed by atoms with Gasteiger partial charge in [-0.05, 0) is 30.5 Å². The number of para-hydroxylation sites is 1. The summed E-state index contributed by atoms with van der Waals surface area (Å²) in [7, 11) is 0. The largest absolute Gasteiger partial charge is 0.324 e. The predicted octanol–water partition coefficient (Wildman–Crippen LogP) is 4.34. The first-order chi connectivity index (χ1) is 9.38. The summed E-state index contributed by atoms with van der Waals surface area (Å²) in [6, 6.07) is 9.98. The molecule has 0 saturated heterocycles. The molecule has 0 aliphatic carbocycles. The minimum atomic E-state index is 0.656. The lowest BCUT2D eigenvalue weighted by Gasteiger charge is -2.05. The maximum absolute atomic E-state index is 4.35. The van der Waals surface area contributed by atoms with Gasteiger partial charge in [0.05, 0.1) is 0 Å².